The van der Waals surface area contributed by atoms with E-state index in [1.807, 2.05) is 6.92 Å². The van der Waals surface area contributed by atoms with E-state index in [9.17, 15) is 4.79 Å². The van der Waals surface area contributed by atoms with Crippen molar-refractivity contribution in [1.82, 2.24) is 0 Å². The molecule has 1 heterocycles. The number of carbonyl (C=O) groups excluding carboxylic acids is 1. The number of hydrogen-bond donors (Lipinski definition) is 0. The van der Waals surface area contributed by atoms with E-state index >= 15 is 0 Å². The number of esters is 1. The number of carbonyl (C=O) groups is 1. The summed E-state index contributed by atoms with van der Waals surface area (Å²) in [5, 5.41) is 0. The minimum atomic E-state index is -0.0292. The molecule has 0 amide bonds. The van der Waals surface area contributed by atoms with E-state index < -0.39 is 0 Å². The predicted molar refractivity (Wildman–Crippen MR) is 67.9 cm³/mol. The van der Waals surface area contributed by atoms with Gasteiger partial charge in [-0.1, -0.05) is 39.0 Å². The number of rotatable bonds is 10. The summed E-state index contributed by atoms with van der Waals surface area (Å²) in [5.74, 6) is 0.0302. The first kappa shape index (κ1) is 14.5. The third-order valence-corrected chi connectivity index (χ3v) is 3.23. The highest BCUT2D eigenvalue weighted by molar-refractivity contribution is 5.72. The van der Waals surface area contributed by atoms with Crippen molar-refractivity contribution in [1.29, 1.82) is 0 Å². The fraction of sp³-hybridized carbons (Fsp3) is 0.929. The summed E-state index contributed by atoms with van der Waals surface area (Å²) in [5.41, 5.74) is 0. The van der Waals surface area contributed by atoms with Gasteiger partial charge in [-0.15, -0.1) is 0 Å². The molecule has 17 heavy (non-hydrogen) atoms. The summed E-state index contributed by atoms with van der Waals surface area (Å²) < 4.78 is 10.3. The summed E-state index contributed by atoms with van der Waals surface area (Å²) in [6.45, 7) is 5.39. The average molecular weight is 242 g/mol. The van der Waals surface area contributed by atoms with Crippen LogP contribution >= 0.6 is 0 Å². The Labute approximate surface area is 105 Å². The molecule has 1 saturated heterocycles. The maximum Gasteiger partial charge on any atom is 0.309 e. The van der Waals surface area contributed by atoms with E-state index in [0.717, 1.165) is 25.9 Å². The molecule has 2 unspecified atom stereocenters. The normalized spacial score (nSPS) is 20.0. The Morgan fingerprint density at radius 1 is 1.29 bits per heavy atom. The summed E-state index contributed by atoms with van der Waals surface area (Å²) in [6.07, 6.45) is 8.35. The second-order valence-corrected chi connectivity index (χ2v) is 4.84. The molecular formula is C14H26O3. The standard InChI is InChI=1S/C14H26O3/c1-3-5-6-7-8-9-12(10-13-11-17-13)14(15)16-4-2/h12-13H,3-11H2,1-2H3. The molecule has 0 aromatic heterocycles. The fourth-order valence-electron chi connectivity index (χ4n) is 2.11. The van der Waals surface area contributed by atoms with Crippen molar-refractivity contribution in [2.75, 3.05) is 13.2 Å². The smallest absolute Gasteiger partial charge is 0.309 e. The van der Waals surface area contributed by atoms with Gasteiger partial charge in [0.1, 0.15) is 0 Å². The van der Waals surface area contributed by atoms with Crippen LogP contribution in [-0.4, -0.2) is 25.3 Å². The molecule has 1 rings (SSSR count). The van der Waals surface area contributed by atoms with Crippen molar-refractivity contribution >= 4 is 5.97 Å². The number of unbranched alkanes of at least 4 members (excludes halogenated alkanes) is 4. The predicted octanol–water partition coefficient (Wildman–Crippen LogP) is 3.32. The van der Waals surface area contributed by atoms with Gasteiger partial charge in [-0.3, -0.25) is 4.79 Å². The van der Waals surface area contributed by atoms with Crippen molar-refractivity contribution in [2.45, 2.75) is 64.9 Å². The second-order valence-electron chi connectivity index (χ2n) is 4.84. The van der Waals surface area contributed by atoms with E-state index in [2.05, 4.69) is 6.92 Å². The largest absolute Gasteiger partial charge is 0.466 e. The lowest BCUT2D eigenvalue weighted by Crippen LogP contribution is -2.19. The van der Waals surface area contributed by atoms with E-state index in [-0.39, 0.29) is 11.9 Å². The first-order chi connectivity index (χ1) is 8.27. The van der Waals surface area contributed by atoms with Gasteiger partial charge >= 0.3 is 5.97 Å². The molecule has 3 nitrogen and oxygen atoms in total. The van der Waals surface area contributed by atoms with Gasteiger partial charge in [-0.05, 0) is 19.8 Å². The van der Waals surface area contributed by atoms with Gasteiger partial charge in [0.05, 0.1) is 25.2 Å². The average Bonchev–Trinajstić information content (AvgIpc) is 3.11. The monoisotopic (exact) mass is 242 g/mol. The maximum atomic E-state index is 11.7. The Bertz CT molecular complexity index is 212. The minimum absolute atomic E-state index is 0.0292. The zero-order valence-corrected chi connectivity index (χ0v) is 11.2. The molecule has 100 valence electrons. The van der Waals surface area contributed by atoms with Crippen LogP contribution < -0.4 is 0 Å². The van der Waals surface area contributed by atoms with Crippen LogP contribution in [0.25, 0.3) is 0 Å². The molecule has 0 N–H and O–H groups in total. The van der Waals surface area contributed by atoms with E-state index in [1.165, 1.54) is 25.7 Å². The van der Waals surface area contributed by atoms with Crippen molar-refractivity contribution in [3.63, 3.8) is 0 Å². The highest BCUT2D eigenvalue weighted by Gasteiger charge is 2.30. The van der Waals surface area contributed by atoms with Crippen LogP contribution in [0.15, 0.2) is 0 Å². The third kappa shape index (κ3) is 6.67. The van der Waals surface area contributed by atoms with Crippen molar-refractivity contribution < 1.29 is 14.3 Å². The van der Waals surface area contributed by atoms with E-state index in [1.54, 1.807) is 0 Å². The Morgan fingerprint density at radius 3 is 2.59 bits per heavy atom. The van der Waals surface area contributed by atoms with Gasteiger partial charge in [0.25, 0.3) is 0 Å². The van der Waals surface area contributed by atoms with Crippen molar-refractivity contribution in [2.24, 2.45) is 5.92 Å². The van der Waals surface area contributed by atoms with Crippen LogP contribution in [-0.2, 0) is 14.3 Å². The Kier molecular flexibility index (Phi) is 7.25. The molecular weight excluding hydrogens is 216 g/mol. The van der Waals surface area contributed by atoms with Gasteiger partial charge in [0.2, 0.25) is 0 Å². The van der Waals surface area contributed by atoms with Crippen molar-refractivity contribution in [3.8, 4) is 0 Å². The number of ether oxygens (including phenoxy) is 2. The van der Waals surface area contributed by atoms with Crippen LogP contribution in [0.2, 0.25) is 0 Å². The highest BCUT2D eigenvalue weighted by atomic mass is 16.6. The Hall–Kier alpha value is -0.570. The minimum Gasteiger partial charge on any atom is -0.466 e. The summed E-state index contributed by atoms with van der Waals surface area (Å²) in [4.78, 5) is 11.7. The van der Waals surface area contributed by atoms with Crippen LogP contribution in [0.1, 0.15) is 58.8 Å². The molecule has 0 bridgehead atoms. The van der Waals surface area contributed by atoms with E-state index in [4.69, 9.17) is 9.47 Å². The Morgan fingerprint density at radius 2 is 2.00 bits per heavy atom. The lowest BCUT2D eigenvalue weighted by molar-refractivity contribution is -0.148. The molecule has 3 heteroatoms. The molecule has 0 aromatic rings. The maximum absolute atomic E-state index is 11.7. The molecule has 0 aliphatic carbocycles. The zero-order chi connectivity index (χ0) is 12.5. The molecule has 1 aliphatic heterocycles. The van der Waals surface area contributed by atoms with Crippen LogP contribution in [0.5, 0.6) is 0 Å². The molecule has 0 spiro atoms. The third-order valence-electron chi connectivity index (χ3n) is 3.23. The second kappa shape index (κ2) is 8.51. The number of epoxide rings is 1. The highest BCUT2D eigenvalue weighted by Crippen LogP contribution is 2.24. The summed E-state index contributed by atoms with van der Waals surface area (Å²) in [7, 11) is 0. The quantitative estimate of drug-likeness (QED) is 0.335. The van der Waals surface area contributed by atoms with E-state index in [0.29, 0.717) is 12.7 Å². The molecule has 0 saturated carbocycles. The number of hydrogen-bond acceptors (Lipinski definition) is 3. The summed E-state index contributed by atoms with van der Waals surface area (Å²) >= 11 is 0. The zero-order valence-electron chi connectivity index (χ0n) is 11.2. The first-order valence-electron chi connectivity index (χ1n) is 7.06. The first-order valence-corrected chi connectivity index (χ1v) is 7.06. The van der Waals surface area contributed by atoms with Crippen LogP contribution in [0, 0.1) is 5.92 Å². The van der Waals surface area contributed by atoms with Gasteiger partial charge < -0.3 is 9.47 Å². The lowest BCUT2D eigenvalue weighted by atomic mass is 9.96. The summed E-state index contributed by atoms with van der Waals surface area (Å²) in [6, 6.07) is 0. The van der Waals surface area contributed by atoms with Gasteiger partial charge in [0.15, 0.2) is 0 Å². The molecule has 0 aromatic carbocycles. The van der Waals surface area contributed by atoms with Crippen LogP contribution in [0.3, 0.4) is 0 Å². The topological polar surface area (TPSA) is 38.8 Å². The van der Waals surface area contributed by atoms with Crippen LogP contribution in [0.4, 0.5) is 0 Å². The van der Waals surface area contributed by atoms with Crippen molar-refractivity contribution in [3.05, 3.63) is 0 Å². The van der Waals surface area contributed by atoms with Gasteiger partial charge in [0, 0.05) is 0 Å². The molecule has 1 aliphatic rings. The SMILES string of the molecule is CCCCCCCC(CC1CO1)C(=O)OCC. The van der Waals surface area contributed by atoms with Gasteiger partial charge in [-0.2, -0.15) is 0 Å². The molecule has 1 fully saturated rings. The molecule has 2 atom stereocenters. The van der Waals surface area contributed by atoms with Gasteiger partial charge in [-0.25, -0.2) is 0 Å². The lowest BCUT2D eigenvalue weighted by Gasteiger charge is -2.14. The fourth-order valence-corrected chi connectivity index (χ4v) is 2.11. The molecule has 0 radical (unpaired) electrons. The Balaban J connectivity index is 2.17.